The molecule has 0 bridgehead atoms. The van der Waals surface area contributed by atoms with Gasteiger partial charge >= 0.3 is 0 Å². The number of aromatic nitrogens is 1. The molecule has 4 rings (SSSR count). The Balaban J connectivity index is 1.21. The van der Waals surface area contributed by atoms with Gasteiger partial charge in [-0.1, -0.05) is 6.07 Å². The number of ether oxygens (including phenoxy) is 2. The van der Waals surface area contributed by atoms with Crippen molar-refractivity contribution in [2.45, 2.75) is 51.7 Å². The molecule has 1 amide bonds. The second-order valence-corrected chi connectivity index (χ2v) is 8.02. The van der Waals surface area contributed by atoms with E-state index in [0.717, 1.165) is 63.2 Å². The number of piperidine rings is 1. The molecular weight excluding hydrogens is 316 g/mol. The van der Waals surface area contributed by atoms with Crippen LogP contribution in [0, 0.1) is 18.3 Å². The van der Waals surface area contributed by atoms with Crippen molar-refractivity contribution in [3.63, 3.8) is 0 Å². The summed E-state index contributed by atoms with van der Waals surface area (Å²) in [6, 6.07) is 6.00. The van der Waals surface area contributed by atoms with Crippen LogP contribution < -0.4 is 0 Å². The van der Waals surface area contributed by atoms with E-state index >= 15 is 0 Å². The summed E-state index contributed by atoms with van der Waals surface area (Å²) in [5.74, 6) is 0.726. The highest BCUT2D eigenvalue weighted by molar-refractivity contribution is 5.81. The van der Waals surface area contributed by atoms with E-state index in [4.69, 9.17) is 9.47 Å². The lowest BCUT2D eigenvalue weighted by molar-refractivity contribution is -0.134. The summed E-state index contributed by atoms with van der Waals surface area (Å²) in [4.78, 5) is 18.7. The molecule has 1 saturated carbocycles. The van der Waals surface area contributed by atoms with Crippen LogP contribution in [0.3, 0.4) is 0 Å². The zero-order valence-electron chi connectivity index (χ0n) is 15.1. The fraction of sp³-hybridized carbons (Fsp3) is 0.700. The van der Waals surface area contributed by atoms with Gasteiger partial charge in [-0.05, 0) is 56.6 Å². The Bertz CT molecular complexity index is 621. The van der Waals surface area contributed by atoms with Gasteiger partial charge in [-0.2, -0.15) is 0 Å². The van der Waals surface area contributed by atoms with Gasteiger partial charge in [-0.3, -0.25) is 9.78 Å². The van der Waals surface area contributed by atoms with Gasteiger partial charge in [0.05, 0.1) is 31.6 Å². The Morgan fingerprint density at radius 2 is 2.16 bits per heavy atom. The van der Waals surface area contributed by atoms with Gasteiger partial charge in [0.25, 0.3) is 0 Å². The molecule has 1 aromatic heterocycles. The van der Waals surface area contributed by atoms with Gasteiger partial charge in [0.1, 0.15) is 0 Å². The first-order valence-corrected chi connectivity index (χ1v) is 9.54. The minimum atomic E-state index is 0.176. The van der Waals surface area contributed by atoms with Crippen molar-refractivity contribution in [2.75, 3.05) is 26.3 Å². The van der Waals surface area contributed by atoms with Crippen molar-refractivity contribution in [2.24, 2.45) is 11.3 Å². The van der Waals surface area contributed by atoms with E-state index in [0.29, 0.717) is 25.0 Å². The molecule has 5 nitrogen and oxygen atoms in total. The molecule has 1 aliphatic carbocycles. The first-order chi connectivity index (χ1) is 12.1. The van der Waals surface area contributed by atoms with Crippen LogP contribution >= 0.6 is 0 Å². The van der Waals surface area contributed by atoms with Gasteiger partial charge < -0.3 is 14.4 Å². The fourth-order valence-electron chi connectivity index (χ4n) is 4.12. The maximum Gasteiger partial charge on any atom is 0.225 e. The van der Waals surface area contributed by atoms with Gasteiger partial charge in [0.15, 0.2) is 0 Å². The lowest BCUT2D eigenvalue weighted by Gasteiger charge is -2.38. The summed E-state index contributed by atoms with van der Waals surface area (Å²) in [5.41, 5.74) is 2.25. The molecular formula is C20H28N2O3. The number of carbonyl (C=O) groups is 1. The highest BCUT2D eigenvalue weighted by atomic mass is 16.5. The Morgan fingerprint density at radius 1 is 1.36 bits per heavy atom. The fourth-order valence-corrected chi connectivity index (χ4v) is 4.12. The second-order valence-electron chi connectivity index (χ2n) is 8.02. The average Bonchev–Trinajstić information content (AvgIpc) is 3.39. The summed E-state index contributed by atoms with van der Waals surface area (Å²) in [6.45, 7) is 5.78. The Morgan fingerprint density at radius 3 is 2.88 bits per heavy atom. The summed E-state index contributed by atoms with van der Waals surface area (Å²) >= 11 is 0. The van der Waals surface area contributed by atoms with E-state index in [1.54, 1.807) is 0 Å². The van der Waals surface area contributed by atoms with Crippen molar-refractivity contribution in [3.8, 4) is 0 Å². The van der Waals surface area contributed by atoms with E-state index < -0.39 is 0 Å². The summed E-state index contributed by atoms with van der Waals surface area (Å²) in [5, 5.41) is 0. The van der Waals surface area contributed by atoms with Crippen molar-refractivity contribution < 1.29 is 14.3 Å². The molecule has 1 spiro atoms. The predicted molar refractivity (Wildman–Crippen MR) is 94.0 cm³/mol. The summed E-state index contributed by atoms with van der Waals surface area (Å²) in [6.07, 6.45) is 5.57. The van der Waals surface area contributed by atoms with Crippen LogP contribution in [0.5, 0.6) is 0 Å². The number of rotatable bonds is 5. The number of amides is 1. The maximum absolute atomic E-state index is 12.2. The van der Waals surface area contributed by atoms with Crippen LogP contribution in [0.25, 0.3) is 0 Å². The molecule has 0 aromatic carbocycles. The molecule has 1 aromatic rings. The highest BCUT2D eigenvalue weighted by Gasteiger charge is 2.44. The smallest absolute Gasteiger partial charge is 0.225 e. The lowest BCUT2D eigenvalue weighted by atomic mass is 9.76. The minimum Gasteiger partial charge on any atom is -0.375 e. The monoisotopic (exact) mass is 344 g/mol. The van der Waals surface area contributed by atoms with Crippen LogP contribution in [0.15, 0.2) is 18.2 Å². The third kappa shape index (κ3) is 4.04. The third-order valence-corrected chi connectivity index (χ3v) is 5.85. The van der Waals surface area contributed by atoms with E-state index in [-0.39, 0.29) is 11.5 Å². The van der Waals surface area contributed by atoms with E-state index in [1.165, 1.54) is 0 Å². The molecule has 0 radical (unpaired) electrons. The SMILES string of the molecule is Cc1cccc(COC[C@@H]2CC3(CCN(C(=O)C4CC4)CC3)CO2)n1. The number of carbonyl (C=O) groups excluding carboxylic acids is 1. The number of likely N-dealkylation sites (tertiary alicyclic amines) is 1. The number of hydrogen-bond acceptors (Lipinski definition) is 4. The van der Waals surface area contributed by atoms with Crippen LogP contribution in [-0.4, -0.2) is 48.2 Å². The van der Waals surface area contributed by atoms with Crippen LogP contribution in [0.1, 0.15) is 43.5 Å². The maximum atomic E-state index is 12.2. The molecule has 2 aliphatic heterocycles. The zero-order valence-corrected chi connectivity index (χ0v) is 15.1. The van der Waals surface area contributed by atoms with Gasteiger partial charge in [-0.15, -0.1) is 0 Å². The molecule has 2 saturated heterocycles. The number of aryl methyl sites for hydroxylation is 1. The molecule has 0 unspecified atom stereocenters. The zero-order chi connectivity index (χ0) is 17.3. The van der Waals surface area contributed by atoms with E-state index in [9.17, 15) is 4.79 Å². The number of nitrogens with zero attached hydrogens (tertiary/aromatic N) is 2. The molecule has 25 heavy (non-hydrogen) atoms. The van der Waals surface area contributed by atoms with Gasteiger partial charge in [-0.25, -0.2) is 0 Å². The summed E-state index contributed by atoms with van der Waals surface area (Å²) < 4.78 is 11.9. The normalized spacial score (nSPS) is 25.5. The molecule has 1 atom stereocenters. The van der Waals surface area contributed by atoms with Crippen molar-refractivity contribution in [1.29, 1.82) is 0 Å². The molecule has 3 fully saturated rings. The van der Waals surface area contributed by atoms with Crippen molar-refractivity contribution >= 4 is 5.91 Å². The van der Waals surface area contributed by atoms with Gasteiger partial charge in [0, 0.05) is 24.7 Å². The van der Waals surface area contributed by atoms with Crippen LogP contribution in [-0.2, 0) is 20.9 Å². The molecule has 136 valence electrons. The van der Waals surface area contributed by atoms with Gasteiger partial charge in [0.2, 0.25) is 5.91 Å². The minimum absolute atomic E-state index is 0.176. The third-order valence-electron chi connectivity index (χ3n) is 5.85. The Kier molecular flexibility index (Phi) is 4.78. The first kappa shape index (κ1) is 17.0. The van der Waals surface area contributed by atoms with Crippen LogP contribution in [0.4, 0.5) is 0 Å². The largest absolute Gasteiger partial charge is 0.375 e. The summed E-state index contributed by atoms with van der Waals surface area (Å²) in [7, 11) is 0. The van der Waals surface area contributed by atoms with Crippen molar-refractivity contribution in [3.05, 3.63) is 29.6 Å². The second kappa shape index (κ2) is 7.04. The van der Waals surface area contributed by atoms with Crippen molar-refractivity contribution in [1.82, 2.24) is 9.88 Å². The standard InChI is InChI=1S/C20H28N2O3/c1-15-3-2-4-17(21-15)12-24-13-18-11-20(14-25-18)7-9-22(10-8-20)19(23)16-5-6-16/h2-4,16,18H,5-14H2,1H3/t18-/m0/s1. The number of hydrogen-bond donors (Lipinski definition) is 0. The van der Waals surface area contributed by atoms with E-state index in [1.807, 2.05) is 25.1 Å². The highest BCUT2D eigenvalue weighted by Crippen LogP contribution is 2.43. The quantitative estimate of drug-likeness (QED) is 0.824. The predicted octanol–water partition coefficient (Wildman–Crippen LogP) is 2.71. The molecule has 3 aliphatic rings. The first-order valence-electron chi connectivity index (χ1n) is 9.54. The Hall–Kier alpha value is -1.46. The number of pyridine rings is 1. The molecule has 5 heteroatoms. The average molecular weight is 344 g/mol. The molecule has 3 heterocycles. The van der Waals surface area contributed by atoms with Crippen LogP contribution in [0.2, 0.25) is 0 Å². The molecule has 0 N–H and O–H groups in total. The van der Waals surface area contributed by atoms with E-state index in [2.05, 4.69) is 9.88 Å². The Labute approximate surface area is 149 Å². The topological polar surface area (TPSA) is 51.7 Å². The lowest BCUT2D eigenvalue weighted by Crippen LogP contribution is -2.44.